The van der Waals surface area contributed by atoms with Gasteiger partial charge in [-0.2, -0.15) is 0 Å². The molecule has 2 aliphatic rings. The van der Waals surface area contributed by atoms with E-state index in [2.05, 4.69) is 39.8 Å². The van der Waals surface area contributed by atoms with Crippen LogP contribution in [0.15, 0.2) is 23.3 Å². The number of allylic oxidation sites excluding steroid dienone is 4. The summed E-state index contributed by atoms with van der Waals surface area (Å²) in [6, 6.07) is 0. The molecule has 1 saturated carbocycles. The first-order valence-corrected chi connectivity index (χ1v) is 6.36. The maximum atomic E-state index is 2.58. The molecule has 0 spiro atoms. The standard InChI is InChI=1S/C15H24/c1-11-7-8-15(3,4)10-14-12(2)5-6-13(14)9-11/h7,10,12-13H,5-6,8-9H2,1-4H3/b11-7-,14-10-/t12-,13+/m0/s1. The lowest BCUT2D eigenvalue weighted by molar-refractivity contribution is 0.462. The number of rotatable bonds is 0. The molecule has 0 N–H and O–H groups in total. The van der Waals surface area contributed by atoms with Crippen molar-refractivity contribution in [1.29, 1.82) is 0 Å². The third-order valence-electron chi connectivity index (χ3n) is 4.09. The predicted molar refractivity (Wildman–Crippen MR) is 66.7 cm³/mol. The van der Waals surface area contributed by atoms with Gasteiger partial charge in [0.15, 0.2) is 0 Å². The van der Waals surface area contributed by atoms with E-state index in [1.165, 1.54) is 25.7 Å². The first-order valence-electron chi connectivity index (χ1n) is 6.36. The van der Waals surface area contributed by atoms with Gasteiger partial charge < -0.3 is 0 Å². The highest BCUT2D eigenvalue weighted by molar-refractivity contribution is 5.23. The summed E-state index contributed by atoms with van der Waals surface area (Å²) in [4.78, 5) is 0. The highest BCUT2D eigenvalue weighted by atomic mass is 14.4. The van der Waals surface area contributed by atoms with Crippen molar-refractivity contribution in [3.63, 3.8) is 0 Å². The number of hydrogen-bond donors (Lipinski definition) is 0. The Labute approximate surface area is 94.5 Å². The zero-order valence-corrected chi connectivity index (χ0v) is 10.6. The van der Waals surface area contributed by atoms with Crippen LogP contribution in [0.1, 0.15) is 53.4 Å². The summed E-state index contributed by atoms with van der Waals surface area (Å²) in [5.41, 5.74) is 3.73. The van der Waals surface area contributed by atoms with Crippen LogP contribution in [0.2, 0.25) is 0 Å². The third kappa shape index (κ3) is 2.35. The molecule has 0 unspecified atom stereocenters. The van der Waals surface area contributed by atoms with E-state index in [0.29, 0.717) is 5.41 Å². The SMILES string of the molecule is C/C1=C/CC(C)(C)/C=C2\[C@H](CC[C@@H]2C)C1. The van der Waals surface area contributed by atoms with Crippen LogP contribution < -0.4 is 0 Å². The zero-order chi connectivity index (χ0) is 11.1. The Balaban J connectivity index is 2.32. The van der Waals surface area contributed by atoms with Crippen LogP contribution in [0, 0.1) is 17.3 Å². The first-order chi connectivity index (χ1) is 6.98. The van der Waals surface area contributed by atoms with Gasteiger partial charge in [-0.05, 0) is 49.9 Å². The quantitative estimate of drug-likeness (QED) is 0.501. The van der Waals surface area contributed by atoms with Gasteiger partial charge in [-0.3, -0.25) is 0 Å². The predicted octanol–water partition coefficient (Wildman–Crippen LogP) is 4.73. The summed E-state index contributed by atoms with van der Waals surface area (Å²) in [7, 11) is 0. The van der Waals surface area contributed by atoms with Crippen LogP contribution in [-0.2, 0) is 0 Å². The highest BCUT2D eigenvalue weighted by Gasteiger charge is 2.30. The third-order valence-corrected chi connectivity index (χ3v) is 4.09. The lowest BCUT2D eigenvalue weighted by atomic mass is 9.79. The second-order valence-corrected chi connectivity index (χ2v) is 6.27. The van der Waals surface area contributed by atoms with Crippen molar-refractivity contribution < 1.29 is 0 Å². The molecule has 1 fully saturated rings. The number of fused-ring (bicyclic) bond motifs is 1. The van der Waals surface area contributed by atoms with Gasteiger partial charge in [-0.25, -0.2) is 0 Å². The first kappa shape index (κ1) is 11.0. The highest BCUT2D eigenvalue weighted by Crippen LogP contribution is 2.44. The smallest absolute Gasteiger partial charge is 0.0137 e. The van der Waals surface area contributed by atoms with Crippen molar-refractivity contribution in [3.8, 4) is 0 Å². The molecule has 0 aromatic heterocycles. The van der Waals surface area contributed by atoms with Crippen molar-refractivity contribution >= 4 is 0 Å². The molecule has 0 aromatic carbocycles. The molecule has 0 bridgehead atoms. The molecule has 0 saturated heterocycles. The molecule has 0 heterocycles. The lowest BCUT2D eigenvalue weighted by Crippen LogP contribution is -2.13. The van der Waals surface area contributed by atoms with Gasteiger partial charge in [0.25, 0.3) is 0 Å². The summed E-state index contributed by atoms with van der Waals surface area (Å²) in [5, 5.41) is 0. The molecular weight excluding hydrogens is 180 g/mol. The maximum Gasteiger partial charge on any atom is -0.0137 e. The van der Waals surface area contributed by atoms with Crippen LogP contribution in [-0.4, -0.2) is 0 Å². The summed E-state index contributed by atoms with van der Waals surface area (Å²) in [6.07, 6.45) is 10.4. The molecule has 15 heavy (non-hydrogen) atoms. The van der Waals surface area contributed by atoms with Crippen molar-refractivity contribution in [1.82, 2.24) is 0 Å². The molecule has 0 aliphatic heterocycles. The second kappa shape index (κ2) is 3.81. The van der Waals surface area contributed by atoms with Crippen LogP contribution in [0.5, 0.6) is 0 Å². The van der Waals surface area contributed by atoms with Crippen LogP contribution in [0.4, 0.5) is 0 Å². The average Bonchev–Trinajstić information content (AvgIpc) is 2.44. The zero-order valence-electron chi connectivity index (χ0n) is 10.6. The van der Waals surface area contributed by atoms with Crippen molar-refractivity contribution in [2.24, 2.45) is 17.3 Å². The Hall–Kier alpha value is -0.520. The summed E-state index contributed by atoms with van der Waals surface area (Å²) in [5.74, 6) is 1.69. The molecule has 0 nitrogen and oxygen atoms in total. The van der Waals surface area contributed by atoms with E-state index in [1.54, 1.807) is 11.1 Å². The Morgan fingerprint density at radius 2 is 2.00 bits per heavy atom. The summed E-state index contributed by atoms with van der Waals surface area (Å²) >= 11 is 0. The normalized spacial score (nSPS) is 41.9. The van der Waals surface area contributed by atoms with Gasteiger partial charge in [0, 0.05) is 0 Å². The summed E-state index contributed by atoms with van der Waals surface area (Å²) in [6.45, 7) is 9.46. The van der Waals surface area contributed by atoms with Crippen molar-refractivity contribution in [2.75, 3.05) is 0 Å². The fourth-order valence-corrected chi connectivity index (χ4v) is 3.09. The molecule has 2 rings (SSSR count). The molecule has 0 aromatic rings. The molecule has 2 aliphatic carbocycles. The van der Waals surface area contributed by atoms with Crippen LogP contribution in [0.25, 0.3) is 0 Å². The second-order valence-electron chi connectivity index (χ2n) is 6.27. The fraction of sp³-hybridized carbons (Fsp3) is 0.733. The lowest BCUT2D eigenvalue weighted by Gasteiger charge is -2.27. The molecule has 2 atom stereocenters. The van der Waals surface area contributed by atoms with E-state index in [4.69, 9.17) is 0 Å². The minimum Gasteiger partial charge on any atom is -0.0847 e. The van der Waals surface area contributed by atoms with E-state index >= 15 is 0 Å². The van der Waals surface area contributed by atoms with Gasteiger partial charge in [0.05, 0.1) is 0 Å². The van der Waals surface area contributed by atoms with Crippen LogP contribution in [0.3, 0.4) is 0 Å². The Bertz CT molecular complexity index is 304. The number of hydrogen-bond acceptors (Lipinski definition) is 0. The molecule has 0 radical (unpaired) electrons. The largest absolute Gasteiger partial charge is 0.0847 e. The molecule has 0 amide bonds. The Morgan fingerprint density at radius 3 is 2.73 bits per heavy atom. The van der Waals surface area contributed by atoms with E-state index in [0.717, 1.165) is 11.8 Å². The van der Waals surface area contributed by atoms with E-state index < -0.39 is 0 Å². The van der Waals surface area contributed by atoms with Crippen molar-refractivity contribution in [2.45, 2.75) is 53.4 Å². The Morgan fingerprint density at radius 1 is 1.27 bits per heavy atom. The monoisotopic (exact) mass is 204 g/mol. The van der Waals surface area contributed by atoms with Gasteiger partial charge in [0.2, 0.25) is 0 Å². The molecular formula is C15H24. The Kier molecular flexibility index (Phi) is 2.79. The molecule has 0 heteroatoms. The van der Waals surface area contributed by atoms with Crippen molar-refractivity contribution in [3.05, 3.63) is 23.3 Å². The molecule has 84 valence electrons. The van der Waals surface area contributed by atoms with Gasteiger partial charge >= 0.3 is 0 Å². The topological polar surface area (TPSA) is 0 Å². The average molecular weight is 204 g/mol. The van der Waals surface area contributed by atoms with Gasteiger partial charge in [-0.15, -0.1) is 0 Å². The van der Waals surface area contributed by atoms with E-state index in [-0.39, 0.29) is 0 Å². The summed E-state index contributed by atoms with van der Waals surface area (Å²) < 4.78 is 0. The van der Waals surface area contributed by atoms with E-state index in [9.17, 15) is 0 Å². The maximum absolute atomic E-state index is 2.58. The minimum absolute atomic E-state index is 0.369. The van der Waals surface area contributed by atoms with Gasteiger partial charge in [-0.1, -0.05) is 44.1 Å². The fourth-order valence-electron chi connectivity index (χ4n) is 3.09. The minimum atomic E-state index is 0.369. The van der Waals surface area contributed by atoms with E-state index in [1.807, 2.05) is 0 Å². The van der Waals surface area contributed by atoms with Crippen LogP contribution >= 0.6 is 0 Å². The van der Waals surface area contributed by atoms with Gasteiger partial charge in [0.1, 0.15) is 0 Å².